The van der Waals surface area contributed by atoms with Crippen LogP contribution in [0.2, 0.25) is 0 Å². The van der Waals surface area contributed by atoms with Crippen LogP contribution in [0.5, 0.6) is 0 Å². The first-order chi connectivity index (χ1) is 8.77. The van der Waals surface area contributed by atoms with E-state index in [4.69, 9.17) is 4.74 Å². The van der Waals surface area contributed by atoms with Crippen molar-refractivity contribution < 1.29 is 14.3 Å². The van der Waals surface area contributed by atoms with Gasteiger partial charge in [-0.2, -0.15) is 0 Å². The van der Waals surface area contributed by atoms with Gasteiger partial charge in [-0.1, -0.05) is 36.4 Å². The first-order valence-corrected chi connectivity index (χ1v) is 5.91. The van der Waals surface area contributed by atoms with Crippen LogP contribution in [0.15, 0.2) is 36.4 Å². The van der Waals surface area contributed by atoms with Crippen molar-refractivity contribution in [2.24, 2.45) is 0 Å². The van der Waals surface area contributed by atoms with Crippen LogP contribution < -0.4 is 0 Å². The van der Waals surface area contributed by atoms with E-state index < -0.39 is 11.7 Å². The van der Waals surface area contributed by atoms with Crippen molar-refractivity contribution in [1.82, 2.24) is 4.90 Å². The molecule has 0 radical (unpaired) electrons. The minimum absolute atomic E-state index is 0.453. The zero-order valence-electron chi connectivity index (χ0n) is 10.0. The molecule has 1 fully saturated rings. The molecule has 1 aromatic rings. The summed E-state index contributed by atoms with van der Waals surface area (Å²) in [7, 11) is 0. The number of rotatable bonds is 3. The topological polar surface area (TPSA) is 46.6 Å². The van der Waals surface area contributed by atoms with Crippen LogP contribution in [0.4, 0.5) is 0 Å². The third kappa shape index (κ3) is 3.28. The highest BCUT2D eigenvalue weighted by molar-refractivity contribution is 6.41. The van der Waals surface area contributed by atoms with Crippen LogP contribution in [0.3, 0.4) is 0 Å². The van der Waals surface area contributed by atoms with E-state index in [0.29, 0.717) is 26.3 Å². The molecule has 0 saturated carbocycles. The van der Waals surface area contributed by atoms with Gasteiger partial charge >= 0.3 is 0 Å². The summed E-state index contributed by atoms with van der Waals surface area (Å²) in [5, 5.41) is 0. The first-order valence-electron chi connectivity index (χ1n) is 5.91. The Morgan fingerprint density at radius 2 is 1.78 bits per heavy atom. The zero-order valence-corrected chi connectivity index (χ0v) is 10.0. The molecule has 0 aliphatic carbocycles. The largest absolute Gasteiger partial charge is 0.378 e. The highest BCUT2D eigenvalue weighted by Crippen LogP contribution is 2.03. The molecular formula is C14H15NO3. The number of ether oxygens (including phenoxy) is 1. The molecule has 0 N–H and O–H groups in total. The average molecular weight is 245 g/mol. The Balaban J connectivity index is 1.95. The third-order valence-corrected chi connectivity index (χ3v) is 2.74. The fourth-order valence-electron chi connectivity index (χ4n) is 1.73. The summed E-state index contributed by atoms with van der Waals surface area (Å²) in [4.78, 5) is 25.0. The van der Waals surface area contributed by atoms with Gasteiger partial charge in [0.05, 0.1) is 13.2 Å². The lowest BCUT2D eigenvalue weighted by atomic mass is 10.2. The molecule has 1 aromatic carbocycles. The number of nitrogens with zero attached hydrogens (tertiary/aromatic N) is 1. The van der Waals surface area contributed by atoms with E-state index in [1.165, 1.54) is 11.0 Å². The van der Waals surface area contributed by atoms with Crippen LogP contribution >= 0.6 is 0 Å². The molecule has 1 aliphatic heterocycles. The number of hydrogen-bond acceptors (Lipinski definition) is 3. The number of hydrogen-bond donors (Lipinski definition) is 0. The summed E-state index contributed by atoms with van der Waals surface area (Å²) in [5.41, 5.74) is 0.903. The highest BCUT2D eigenvalue weighted by atomic mass is 16.5. The molecule has 4 heteroatoms. The van der Waals surface area contributed by atoms with E-state index in [2.05, 4.69) is 0 Å². The minimum Gasteiger partial charge on any atom is -0.378 e. The molecule has 1 aliphatic rings. The lowest BCUT2D eigenvalue weighted by Crippen LogP contribution is -2.43. The minimum atomic E-state index is -0.485. The van der Waals surface area contributed by atoms with Gasteiger partial charge in [0.15, 0.2) is 0 Å². The molecule has 0 aromatic heterocycles. The Labute approximate surface area is 106 Å². The summed E-state index contributed by atoms with van der Waals surface area (Å²) in [6, 6.07) is 9.42. The fourth-order valence-corrected chi connectivity index (χ4v) is 1.73. The number of ketones is 1. The van der Waals surface area contributed by atoms with E-state index in [0.717, 1.165) is 5.56 Å². The maximum absolute atomic E-state index is 11.8. The second-order valence-electron chi connectivity index (χ2n) is 4.01. The first kappa shape index (κ1) is 12.5. The van der Waals surface area contributed by atoms with E-state index in [9.17, 15) is 9.59 Å². The van der Waals surface area contributed by atoms with E-state index in [-0.39, 0.29) is 0 Å². The van der Waals surface area contributed by atoms with Gasteiger partial charge in [0.1, 0.15) is 0 Å². The van der Waals surface area contributed by atoms with Gasteiger partial charge in [0.2, 0.25) is 5.78 Å². The SMILES string of the molecule is O=C(/C=C/c1ccccc1)C(=O)N1CCOCC1. The van der Waals surface area contributed by atoms with Crippen molar-refractivity contribution in [2.75, 3.05) is 26.3 Å². The van der Waals surface area contributed by atoms with Crippen LogP contribution in [0.25, 0.3) is 6.08 Å². The Morgan fingerprint density at radius 1 is 1.11 bits per heavy atom. The zero-order chi connectivity index (χ0) is 12.8. The summed E-state index contributed by atoms with van der Waals surface area (Å²) < 4.78 is 5.14. The van der Waals surface area contributed by atoms with Crippen LogP contribution in [-0.4, -0.2) is 42.9 Å². The van der Waals surface area contributed by atoms with Crippen LogP contribution in [0.1, 0.15) is 5.56 Å². The van der Waals surface area contributed by atoms with Gasteiger partial charge < -0.3 is 9.64 Å². The summed E-state index contributed by atoms with van der Waals surface area (Å²) >= 11 is 0. The highest BCUT2D eigenvalue weighted by Gasteiger charge is 2.21. The molecule has 0 atom stereocenters. The van der Waals surface area contributed by atoms with E-state index in [1.807, 2.05) is 30.3 Å². The van der Waals surface area contributed by atoms with Crippen LogP contribution in [0, 0.1) is 0 Å². The van der Waals surface area contributed by atoms with E-state index >= 15 is 0 Å². The number of amides is 1. The predicted octanol–water partition coefficient (Wildman–Crippen LogP) is 1.13. The summed E-state index contributed by atoms with van der Waals surface area (Å²) in [5.74, 6) is -0.939. The summed E-state index contributed by atoms with van der Waals surface area (Å²) in [6.07, 6.45) is 2.98. The van der Waals surface area contributed by atoms with Crippen molar-refractivity contribution in [2.45, 2.75) is 0 Å². The molecule has 0 unspecified atom stereocenters. The maximum atomic E-state index is 11.8. The van der Waals surface area contributed by atoms with Crippen molar-refractivity contribution in [3.8, 4) is 0 Å². The Hall–Kier alpha value is -1.94. The lowest BCUT2D eigenvalue weighted by molar-refractivity contribution is -0.145. The molecular weight excluding hydrogens is 230 g/mol. The van der Waals surface area contributed by atoms with Crippen molar-refractivity contribution in [3.63, 3.8) is 0 Å². The molecule has 0 bridgehead atoms. The van der Waals surface area contributed by atoms with Gasteiger partial charge in [-0.05, 0) is 11.6 Å². The standard InChI is InChI=1S/C14H15NO3/c16-13(7-6-12-4-2-1-3-5-12)14(17)15-8-10-18-11-9-15/h1-7H,8-11H2/b7-6+. The predicted molar refractivity (Wildman–Crippen MR) is 67.9 cm³/mol. The average Bonchev–Trinajstić information content (AvgIpc) is 2.46. The molecule has 0 spiro atoms. The number of carbonyl (C=O) groups excluding carboxylic acids is 2. The van der Waals surface area contributed by atoms with Gasteiger partial charge in [0, 0.05) is 13.1 Å². The molecule has 94 valence electrons. The molecule has 1 amide bonds. The Bertz CT molecular complexity index is 447. The van der Waals surface area contributed by atoms with Crippen molar-refractivity contribution in [1.29, 1.82) is 0 Å². The van der Waals surface area contributed by atoms with Crippen LogP contribution in [-0.2, 0) is 14.3 Å². The number of benzene rings is 1. The van der Waals surface area contributed by atoms with E-state index in [1.54, 1.807) is 6.08 Å². The number of carbonyl (C=O) groups is 2. The Morgan fingerprint density at radius 3 is 2.44 bits per heavy atom. The molecule has 4 nitrogen and oxygen atoms in total. The van der Waals surface area contributed by atoms with Crippen molar-refractivity contribution in [3.05, 3.63) is 42.0 Å². The van der Waals surface area contributed by atoms with Gasteiger partial charge in [0.25, 0.3) is 5.91 Å². The monoisotopic (exact) mass is 245 g/mol. The Kier molecular flexibility index (Phi) is 4.25. The number of morpholine rings is 1. The third-order valence-electron chi connectivity index (χ3n) is 2.74. The second-order valence-corrected chi connectivity index (χ2v) is 4.01. The maximum Gasteiger partial charge on any atom is 0.294 e. The second kappa shape index (κ2) is 6.12. The fraction of sp³-hybridized carbons (Fsp3) is 0.286. The smallest absolute Gasteiger partial charge is 0.294 e. The van der Waals surface area contributed by atoms with Gasteiger partial charge in [-0.15, -0.1) is 0 Å². The van der Waals surface area contributed by atoms with Crippen molar-refractivity contribution >= 4 is 17.8 Å². The molecule has 18 heavy (non-hydrogen) atoms. The normalized spacial score (nSPS) is 15.9. The quantitative estimate of drug-likeness (QED) is 0.592. The summed E-state index contributed by atoms with van der Waals surface area (Å²) in [6.45, 7) is 1.98. The molecule has 1 heterocycles. The van der Waals surface area contributed by atoms with Gasteiger partial charge in [-0.3, -0.25) is 9.59 Å². The van der Waals surface area contributed by atoms with Gasteiger partial charge in [-0.25, -0.2) is 0 Å². The lowest BCUT2D eigenvalue weighted by Gasteiger charge is -2.25. The molecule has 1 saturated heterocycles. The molecule has 2 rings (SSSR count).